The summed E-state index contributed by atoms with van der Waals surface area (Å²) >= 11 is 22.4. The Morgan fingerprint density at radius 3 is 1.93 bits per heavy atom. The number of hydrogen-bond acceptors (Lipinski definition) is 3. The number of aromatic carboxylic acids is 1. The van der Waals surface area contributed by atoms with Crippen molar-refractivity contribution in [2.45, 2.75) is 0 Å². The molecule has 1 aromatic rings. The van der Waals surface area contributed by atoms with Crippen molar-refractivity contribution in [3.8, 4) is 0 Å². The highest BCUT2D eigenvalue weighted by molar-refractivity contribution is 6.54. The molecular weight excluding hydrogens is 286 g/mol. The van der Waals surface area contributed by atoms with Gasteiger partial charge in [-0.05, 0) is 0 Å². The van der Waals surface area contributed by atoms with E-state index in [-0.39, 0.29) is 20.1 Å². The van der Waals surface area contributed by atoms with E-state index in [0.717, 1.165) is 0 Å². The molecule has 0 aliphatic rings. The molecule has 0 unspecified atom stereocenters. The van der Waals surface area contributed by atoms with Crippen LogP contribution >= 0.6 is 46.4 Å². The van der Waals surface area contributed by atoms with Crippen molar-refractivity contribution in [3.05, 3.63) is 30.6 Å². The van der Waals surface area contributed by atoms with Crippen LogP contribution in [-0.2, 0) is 0 Å². The van der Waals surface area contributed by atoms with Crippen LogP contribution in [0.2, 0.25) is 20.1 Å². The lowest BCUT2D eigenvalue weighted by molar-refractivity contribution is -0.254. The molecule has 4 nitrogen and oxygen atoms in total. The van der Waals surface area contributed by atoms with Crippen molar-refractivity contribution in [1.29, 1.82) is 5.39 Å². The van der Waals surface area contributed by atoms with Gasteiger partial charge in [0.25, 0.3) is 0 Å². The van der Waals surface area contributed by atoms with E-state index in [1.54, 1.807) is 0 Å². The van der Waals surface area contributed by atoms with Crippen LogP contribution in [0.5, 0.6) is 0 Å². The summed E-state index contributed by atoms with van der Waals surface area (Å²) in [6, 6.07) is 0. The molecule has 0 aliphatic heterocycles. The normalized spacial score (nSPS) is 9.80. The Morgan fingerprint density at radius 1 is 1.07 bits per heavy atom. The maximum Gasteiger partial charge on any atom is 0.415 e. The van der Waals surface area contributed by atoms with Crippen LogP contribution in [0.15, 0.2) is 0 Å². The van der Waals surface area contributed by atoms with E-state index in [9.17, 15) is 9.90 Å². The second-order valence-corrected chi connectivity index (χ2v) is 3.88. The summed E-state index contributed by atoms with van der Waals surface area (Å²) in [5, 5.41) is 18.1. The zero-order chi connectivity index (χ0) is 11.7. The van der Waals surface area contributed by atoms with Crippen LogP contribution in [0, 0.1) is 5.39 Å². The highest BCUT2D eigenvalue weighted by atomic mass is 35.5. The Balaban J connectivity index is 3.80. The molecule has 0 aromatic heterocycles. The van der Waals surface area contributed by atoms with E-state index in [4.69, 9.17) is 51.8 Å². The van der Waals surface area contributed by atoms with Gasteiger partial charge in [-0.2, -0.15) is 0 Å². The Hall–Kier alpha value is -0.730. The summed E-state index contributed by atoms with van der Waals surface area (Å²) in [7, 11) is 0. The fraction of sp³-hybridized carbons (Fsp3) is 0. The van der Waals surface area contributed by atoms with Gasteiger partial charge in [-0.3, -0.25) is 0 Å². The molecule has 0 atom stereocenters. The summed E-state index contributed by atoms with van der Waals surface area (Å²) in [5.74, 6) is -1.67. The summed E-state index contributed by atoms with van der Waals surface area (Å²) in [4.78, 5) is 13.4. The maximum atomic E-state index is 10.7. The van der Waals surface area contributed by atoms with Gasteiger partial charge in [-0.25, -0.2) is 0 Å². The third-order valence-corrected chi connectivity index (χ3v) is 3.34. The van der Waals surface area contributed by atoms with Gasteiger partial charge in [0, 0.05) is 0 Å². The SMILES string of the molecule is N#[N+]c1c(Cl)c(Cl)c(Cl)c(Cl)c1C(=O)[O-]. The lowest BCUT2D eigenvalue weighted by Gasteiger charge is -2.06. The minimum atomic E-state index is -1.67. The molecule has 78 valence electrons. The predicted octanol–water partition coefficient (Wildman–Crippen LogP) is 3.15. The van der Waals surface area contributed by atoms with Crippen molar-refractivity contribution < 1.29 is 9.90 Å². The zero-order valence-corrected chi connectivity index (χ0v) is 9.75. The Bertz CT molecular complexity index is 495. The average Bonchev–Trinajstić information content (AvgIpc) is 2.19. The zero-order valence-electron chi connectivity index (χ0n) is 6.72. The number of carboxylic acid groups (broad SMARTS) is 1. The first kappa shape index (κ1) is 12.3. The van der Waals surface area contributed by atoms with Gasteiger partial charge in [0.2, 0.25) is 5.39 Å². The third-order valence-electron chi connectivity index (χ3n) is 1.55. The van der Waals surface area contributed by atoms with Crippen LogP contribution in [0.1, 0.15) is 10.4 Å². The van der Waals surface area contributed by atoms with Crippen LogP contribution in [0.25, 0.3) is 4.98 Å². The minimum absolute atomic E-state index is 0.193. The summed E-state index contributed by atoms with van der Waals surface area (Å²) in [5.41, 5.74) is -1.10. The van der Waals surface area contributed by atoms with Crippen LogP contribution < -0.4 is 5.11 Å². The highest BCUT2D eigenvalue weighted by Gasteiger charge is 2.29. The van der Waals surface area contributed by atoms with Crippen LogP contribution in [-0.4, -0.2) is 5.97 Å². The van der Waals surface area contributed by atoms with E-state index >= 15 is 0 Å². The summed E-state index contributed by atoms with van der Waals surface area (Å²) < 4.78 is 0. The number of diazo groups is 1. The predicted molar refractivity (Wildman–Crippen MR) is 55.6 cm³/mol. The summed E-state index contributed by atoms with van der Waals surface area (Å²) in [6.45, 7) is 0. The molecule has 0 N–H and O–H groups in total. The van der Waals surface area contributed by atoms with Gasteiger partial charge in [-0.15, -0.1) is 0 Å². The molecule has 0 heterocycles. The molecule has 15 heavy (non-hydrogen) atoms. The maximum absolute atomic E-state index is 10.7. The smallest absolute Gasteiger partial charge is 0.415 e. The average molecular weight is 286 g/mol. The first-order valence-corrected chi connectivity index (χ1v) is 4.85. The lowest BCUT2D eigenvalue weighted by atomic mass is 10.2. The fourth-order valence-electron chi connectivity index (χ4n) is 0.900. The molecule has 1 rings (SSSR count). The van der Waals surface area contributed by atoms with Crippen molar-refractivity contribution >= 4 is 58.1 Å². The molecule has 0 spiro atoms. The molecule has 0 aliphatic carbocycles. The van der Waals surface area contributed by atoms with Crippen LogP contribution in [0.3, 0.4) is 0 Å². The lowest BCUT2D eigenvalue weighted by Crippen LogP contribution is -2.23. The number of rotatable bonds is 1. The first-order chi connectivity index (χ1) is 6.91. The number of carbonyl (C=O) groups is 1. The Morgan fingerprint density at radius 2 is 1.53 bits per heavy atom. The van der Waals surface area contributed by atoms with Gasteiger partial charge in [0.1, 0.15) is 5.56 Å². The number of carbonyl (C=O) groups excluding carboxylic acids is 1. The van der Waals surface area contributed by atoms with Crippen molar-refractivity contribution in [1.82, 2.24) is 0 Å². The molecule has 0 amide bonds. The molecule has 1 aromatic carbocycles. The van der Waals surface area contributed by atoms with E-state index < -0.39 is 17.2 Å². The second kappa shape index (κ2) is 4.42. The molecule has 0 saturated carbocycles. The van der Waals surface area contributed by atoms with E-state index in [1.807, 2.05) is 0 Å². The number of halogens is 4. The topological polar surface area (TPSA) is 68.3 Å². The largest absolute Gasteiger partial charge is 0.544 e. The van der Waals surface area contributed by atoms with Crippen LogP contribution in [0.4, 0.5) is 5.69 Å². The number of nitrogens with zero attached hydrogens (tertiary/aromatic N) is 2. The molecule has 0 fully saturated rings. The van der Waals surface area contributed by atoms with Crippen molar-refractivity contribution in [3.63, 3.8) is 0 Å². The summed E-state index contributed by atoms with van der Waals surface area (Å²) in [6.07, 6.45) is 0. The number of carboxylic acids is 1. The standard InChI is InChI=1S/C7Cl4N2O2/c8-2-1(7(14)15)6(13-12)5(11)4(10)3(2)9. The van der Waals surface area contributed by atoms with Gasteiger partial charge < -0.3 is 9.90 Å². The first-order valence-electron chi connectivity index (χ1n) is 3.34. The second-order valence-electron chi connectivity index (χ2n) is 2.37. The monoisotopic (exact) mass is 284 g/mol. The van der Waals surface area contributed by atoms with E-state index in [0.29, 0.717) is 0 Å². The number of benzene rings is 1. The van der Waals surface area contributed by atoms with Crippen molar-refractivity contribution in [2.24, 2.45) is 0 Å². The molecule has 0 bridgehead atoms. The van der Waals surface area contributed by atoms with Gasteiger partial charge in [0.15, 0.2) is 10.00 Å². The van der Waals surface area contributed by atoms with E-state index in [2.05, 4.69) is 4.98 Å². The van der Waals surface area contributed by atoms with E-state index in [1.165, 1.54) is 0 Å². The molecule has 8 heteroatoms. The third kappa shape index (κ3) is 1.97. The highest BCUT2D eigenvalue weighted by Crippen LogP contribution is 2.45. The van der Waals surface area contributed by atoms with Crippen molar-refractivity contribution in [2.75, 3.05) is 0 Å². The van der Waals surface area contributed by atoms with Gasteiger partial charge in [-0.1, -0.05) is 46.4 Å². The van der Waals surface area contributed by atoms with Gasteiger partial charge in [0.05, 0.1) is 21.0 Å². The Labute approximate surface area is 104 Å². The molecular formula is C7Cl4N2O2. The van der Waals surface area contributed by atoms with Gasteiger partial charge >= 0.3 is 5.69 Å². The number of hydrogen-bond donors (Lipinski definition) is 0. The quantitative estimate of drug-likeness (QED) is 0.452. The molecule has 0 radical (unpaired) electrons. The molecule has 0 saturated heterocycles. The minimum Gasteiger partial charge on any atom is -0.544 e. The fourth-order valence-corrected chi connectivity index (χ4v) is 1.86. The Kier molecular flexibility index (Phi) is 3.63.